The normalized spacial score (nSPS) is 18.9. The predicted molar refractivity (Wildman–Crippen MR) is 71.3 cm³/mol. The summed E-state index contributed by atoms with van der Waals surface area (Å²) in [6.45, 7) is 0.509. The number of pyridine rings is 1. The monoisotopic (exact) mass is 276 g/mol. The van der Waals surface area contributed by atoms with Crippen LogP contribution in [0.5, 0.6) is 0 Å². The van der Waals surface area contributed by atoms with Gasteiger partial charge in [0.1, 0.15) is 6.54 Å². The van der Waals surface area contributed by atoms with Gasteiger partial charge in [-0.2, -0.15) is 0 Å². The fraction of sp³-hybridized carbons (Fsp3) is 0.462. The minimum absolute atomic E-state index is 0.0359. The summed E-state index contributed by atoms with van der Waals surface area (Å²) in [5, 5.41) is 13.4. The summed E-state index contributed by atoms with van der Waals surface area (Å²) in [6.07, 6.45) is 3.32. The third-order valence-electron chi connectivity index (χ3n) is 3.68. The molecule has 2 aromatic heterocycles. The lowest BCUT2D eigenvalue weighted by Crippen LogP contribution is -2.41. The Morgan fingerprint density at radius 2 is 2.30 bits per heavy atom. The zero-order valence-corrected chi connectivity index (χ0v) is 11.0. The molecular formula is C13H16N4O3. The average Bonchev–Trinajstić information content (AvgIpc) is 3.05. The molecule has 0 radical (unpaired) electrons. The molecule has 106 valence electrons. The number of carbonyl (C=O) groups excluding carboxylic acids is 1. The molecule has 0 unspecified atom stereocenters. The maximum absolute atomic E-state index is 12.2. The van der Waals surface area contributed by atoms with Crippen molar-refractivity contribution in [2.75, 3.05) is 13.2 Å². The molecule has 0 aliphatic carbocycles. The van der Waals surface area contributed by atoms with E-state index in [0.717, 1.165) is 12.8 Å². The largest absolute Gasteiger partial charge is 0.394 e. The van der Waals surface area contributed by atoms with Gasteiger partial charge in [0.05, 0.1) is 12.6 Å². The fourth-order valence-electron chi connectivity index (χ4n) is 2.64. The van der Waals surface area contributed by atoms with Gasteiger partial charge < -0.3 is 10.0 Å². The summed E-state index contributed by atoms with van der Waals surface area (Å²) < 4.78 is 2.57. The van der Waals surface area contributed by atoms with Crippen LogP contribution in [0.4, 0.5) is 0 Å². The number of likely N-dealkylation sites (tertiary alicyclic amines) is 1. The molecule has 20 heavy (non-hydrogen) atoms. The number of aromatic nitrogens is 3. The van der Waals surface area contributed by atoms with Gasteiger partial charge >= 0.3 is 5.69 Å². The molecule has 7 heteroatoms. The van der Waals surface area contributed by atoms with Crippen LogP contribution < -0.4 is 5.69 Å². The molecule has 0 saturated carbocycles. The lowest BCUT2D eigenvalue weighted by molar-refractivity contribution is -0.133. The van der Waals surface area contributed by atoms with Crippen molar-refractivity contribution in [1.82, 2.24) is 19.1 Å². The lowest BCUT2D eigenvalue weighted by Gasteiger charge is -2.22. The number of aliphatic hydroxyl groups is 1. The molecule has 1 saturated heterocycles. The van der Waals surface area contributed by atoms with Crippen LogP contribution in [0, 0.1) is 0 Å². The number of aliphatic hydroxyl groups excluding tert-OH is 1. The Labute approximate surface area is 115 Å². The Balaban J connectivity index is 1.84. The molecule has 1 N–H and O–H groups in total. The van der Waals surface area contributed by atoms with Crippen molar-refractivity contribution in [2.24, 2.45) is 0 Å². The van der Waals surface area contributed by atoms with Gasteiger partial charge in [0.2, 0.25) is 5.91 Å². The molecule has 1 fully saturated rings. The van der Waals surface area contributed by atoms with Crippen molar-refractivity contribution < 1.29 is 9.90 Å². The number of hydrogen-bond donors (Lipinski definition) is 1. The van der Waals surface area contributed by atoms with Gasteiger partial charge in [-0.3, -0.25) is 9.20 Å². The molecule has 1 atom stereocenters. The number of nitrogens with zero attached hydrogens (tertiary/aromatic N) is 4. The maximum atomic E-state index is 12.2. The smallest absolute Gasteiger partial charge is 0.350 e. The van der Waals surface area contributed by atoms with Crippen LogP contribution in [-0.4, -0.2) is 49.3 Å². The molecule has 1 aliphatic rings. The number of hydrogen-bond acceptors (Lipinski definition) is 4. The van der Waals surface area contributed by atoms with Crippen LogP contribution in [0.3, 0.4) is 0 Å². The van der Waals surface area contributed by atoms with E-state index in [1.54, 1.807) is 29.3 Å². The van der Waals surface area contributed by atoms with Gasteiger partial charge in [-0.25, -0.2) is 9.48 Å². The summed E-state index contributed by atoms with van der Waals surface area (Å²) in [5.74, 6) is -0.174. The standard InChI is InChI=1S/C13H16N4O3/c18-9-10-4-3-7-15(10)12(19)8-17-13(20)16-6-2-1-5-11(16)14-17/h1-2,5-6,10,18H,3-4,7-9H2/t10-/m1/s1. The van der Waals surface area contributed by atoms with Gasteiger partial charge in [0, 0.05) is 12.7 Å². The lowest BCUT2D eigenvalue weighted by atomic mass is 10.2. The molecule has 0 aromatic carbocycles. The molecule has 1 aliphatic heterocycles. The van der Waals surface area contributed by atoms with E-state index < -0.39 is 0 Å². The first-order valence-corrected chi connectivity index (χ1v) is 6.65. The van der Waals surface area contributed by atoms with Crippen LogP contribution in [0.25, 0.3) is 5.65 Å². The van der Waals surface area contributed by atoms with Crippen molar-refractivity contribution in [2.45, 2.75) is 25.4 Å². The van der Waals surface area contributed by atoms with E-state index >= 15 is 0 Å². The van der Waals surface area contributed by atoms with Crippen LogP contribution in [-0.2, 0) is 11.3 Å². The zero-order valence-electron chi connectivity index (χ0n) is 11.0. The topological polar surface area (TPSA) is 79.8 Å². The number of fused-ring (bicyclic) bond motifs is 1. The van der Waals surface area contributed by atoms with Crippen LogP contribution in [0.2, 0.25) is 0 Å². The van der Waals surface area contributed by atoms with Crippen molar-refractivity contribution in [3.63, 3.8) is 0 Å². The SMILES string of the molecule is O=C(Cn1nc2ccccn2c1=O)N1CCC[C@@H]1CO. The Morgan fingerprint density at radius 3 is 3.05 bits per heavy atom. The molecule has 3 heterocycles. The second kappa shape index (κ2) is 5.09. The number of rotatable bonds is 3. The van der Waals surface area contributed by atoms with Crippen LogP contribution in [0.1, 0.15) is 12.8 Å². The summed E-state index contributed by atoms with van der Waals surface area (Å²) in [4.78, 5) is 25.9. The van der Waals surface area contributed by atoms with Crippen LogP contribution >= 0.6 is 0 Å². The molecule has 2 aromatic rings. The zero-order chi connectivity index (χ0) is 14.1. The molecule has 0 bridgehead atoms. The van der Waals surface area contributed by atoms with E-state index in [2.05, 4.69) is 5.10 Å². The van der Waals surface area contributed by atoms with E-state index in [9.17, 15) is 14.7 Å². The fourth-order valence-corrected chi connectivity index (χ4v) is 2.64. The van der Waals surface area contributed by atoms with Gasteiger partial charge in [0.15, 0.2) is 5.65 Å². The highest BCUT2D eigenvalue weighted by Gasteiger charge is 2.28. The van der Waals surface area contributed by atoms with Gasteiger partial charge in [-0.15, -0.1) is 5.10 Å². The first kappa shape index (κ1) is 12.9. The molecule has 1 amide bonds. The molecule has 3 rings (SSSR count). The summed E-state index contributed by atoms with van der Waals surface area (Å²) in [6, 6.07) is 5.12. The third kappa shape index (κ3) is 2.09. The summed E-state index contributed by atoms with van der Waals surface area (Å²) in [7, 11) is 0. The second-order valence-electron chi connectivity index (χ2n) is 4.93. The van der Waals surface area contributed by atoms with Gasteiger partial charge in [0.25, 0.3) is 0 Å². The van der Waals surface area contributed by atoms with E-state index in [-0.39, 0.29) is 30.8 Å². The Morgan fingerprint density at radius 1 is 1.45 bits per heavy atom. The quantitative estimate of drug-likeness (QED) is 0.818. The summed E-state index contributed by atoms with van der Waals surface area (Å²) >= 11 is 0. The number of amides is 1. The Bertz CT molecular complexity index is 690. The Kier molecular flexibility index (Phi) is 3.27. The first-order valence-electron chi connectivity index (χ1n) is 6.65. The number of carbonyl (C=O) groups is 1. The molecular weight excluding hydrogens is 260 g/mol. The minimum atomic E-state index is -0.325. The summed E-state index contributed by atoms with van der Waals surface area (Å²) in [5.41, 5.74) is 0.194. The molecule has 7 nitrogen and oxygen atoms in total. The first-order chi connectivity index (χ1) is 9.70. The van der Waals surface area contributed by atoms with Crippen LogP contribution in [0.15, 0.2) is 29.2 Å². The third-order valence-corrected chi connectivity index (χ3v) is 3.68. The predicted octanol–water partition coefficient (Wildman–Crippen LogP) is -0.521. The molecule has 0 spiro atoms. The van der Waals surface area contributed by atoms with Crippen molar-refractivity contribution in [3.8, 4) is 0 Å². The van der Waals surface area contributed by atoms with Gasteiger partial charge in [-0.1, -0.05) is 6.07 Å². The minimum Gasteiger partial charge on any atom is -0.394 e. The van der Waals surface area contributed by atoms with Crippen molar-refractivity contribution in [1.29, 1.82) is 0 Å². The Hall–Kier alpha value is -2.15. The maximum Gasteiger partial charge on any atom is 0.350 e. The highest BCUT2D eigenvalue weighted by Crippen LogP contribution is 2.16. The van der Waals surface area contributed by atoms with Crippen molar-refractivity contribution >= 4 is 11.6 Å². The highest BCUT2D eigenvalue weighted by atomic mass is 16.3. The highest BCUT2D eigenvalue weighted by molar-refractivity contribution is 5.76. The van der Waals surface area contributed by atoms with E-state index in [4.69, 9.17) is 0 Å². The van der Waals surface area contributed by atoms with Crippen molar-refractivity contribution in [3.05, 3.63) is 34.9 Å². The van der Waals surface area contributed by atoms with E-state index in [1.807, 2.05) is 0 Å². The van der Waals surface area contributed by atoms with E-state index in [0.29, 0.717) is 12.2 Å². The van der Waals surface area contributed by atoms with E-state index in [1.165, 1.54) is 9.08 Å². The second-order valence-corrected chi connectivity index (χ2v) is 4.93. The average molecular weight is 276 g/mol. The van der Waals surface area contributed by atoms with Gasteiger partial charge in [-0.05, 0) is 25.0 Å².